The summed E-state index contributed by atoms with van der Waals surface area (Å²) in [6, 6.07) is 24.8. The highest BCUT2D eigenvalue weighted by Crippen LogP contribution is 2.26. The fourth-order valence-electron chi connectivity index (χ4n) is 2.46. The molecule has 0 heterocycles. The normalized spacial score (nSPS) is 11.3. The van der Waals surface area contributed by atoms with Crippen LogP contribution >= 0.6 is 0 Å². The molecule has 0 aliphatic carbocycles. The highest BCUT2D eigenvalue weighted by molar-refractivity contribution is 6.01. The van der Waals surface area contributed by atoms with Crippen LogP contribution in [0, 0.1) is 18.3 Å². The third kappa shape index (κ3) is 2.70. The minimum atomic E-state index is 0.690. The molecular weight excluding hydrogens is 254 g/mol. The molecule has 21 heavy (non-hydrogen) atoms. The summed E-state index contributed by atoms with van der Waals surface area (Å²) in [5.41, 5.74) is 3.94. The number of hydrogen-bond donors (Lipinski definition) is 0. The largest absolute Gasteiger partial charge is 0.192 e. The van der Waals surface area contributed by atoms with Gasteiger partial charge >= 0.3 is 0 Å². The SMILES string of the molecule is Cc1ccc(/C=C(/C#N)c2cccc3ccccc23)cc1. The molecule has 0 N–H and O–H groups in total. The Morgan fingerprint density at radius 2 is 1.62 bits per heavy atom. The standard InChI is InChI=1S/C20H15N/c1-15-9-11-16(12-10-15)13-18(14-21)20-8-4-6-17-5-2-3-7-19(17)20/h2-13H,1H3/b18-13-. The van der Waals surface area contributed by atoms with Crippen molar-refractivity contribution in [2.45, 2.75) is 6.92 Å². The molecule has 3 rings (SSSR count). The molecule has 0 aliphatic heterocycles. The average molecular weight is 269 g/mol. The Balaban J connectivity index is 2.15. The second kappa shape index (κ2) is 5.64. The summed E-state index contributed by atoms with van der Waals surface area (Å²) in [5, 5.41) is 11.8. The summed E-state index contributed by atoms with van der Waals surface area (Å²) in [6.45, 7) is 2.06. The molecule has 0 unspecified atom stereocenters. The molecule has 0 aliphatic rings. The topological polar surface area (TPSA) is 23.8 Å². The first-order valence-corrected chi connectivity index (χ1v) is 6.94. The monoisotopic (exact) mass is 269 g/mol. The van der Waals surface area contributed by atoms with Gasteiger partial charge in [0.05, 0.1) is 11.6 Å². The maximum absolute atomic E-state index is 9.54. The summed E-state index contributed by atoms with van der Waals surface area (Å²) < 4.78 is 0. The lowest BCUT2D eigenvalue weighted by molar-refractivity contribution is 1.46. The van der Waals surface area contributed by atoms with Crippen LogP contribution in [0.1, 0.15) is 16.7 Å². The zero-order valence-corrected chi connectivity index (χ0v) is 11.9. The smallest absolute Gasteiger partial charge is 0.0998 e. The lowest BCUT2D eigenvalue weighted by Crippen LogP contribution is -1.85. The Morgan fingerprint density at radius 3 is 2.38 bits per heavy atom. The fourth-order valence-corrected chi connectivity index (χ4v) is 2.46. The van der Waals surface area contributed by atoms with Gasteiger partial charge in [-0.15, -0.1) is 0 Å². The lowest BCUT2D eigenvalue weighted by atomic mass is 9.97. The second-order valence-electron chi connectivity index (χ2n) is 5.11. The van der Waals surface area contributed by atoms with Crippen LogP contribution in [0.4, 0.5) is 0 Å². The van der Waals surface area contributed by atoms with E-state index >= 15 is 0 Å². The van der Waals surface area contributed by atoms with E-state index in [2.05, 4.69) is 43.3 Å². The first-order chi connectivity index (χ1) is 10.3. The Hall–Kier alpha value is -2.85. The van der Waals surface area contributed by atoms with E-state index in [4.69, 9.17) is 0 Å². The second-order valence-corrected chi connectivity index (χ2v) is 5.11. The van der Waals surface area contributed by atoms with Gasteiger partial charge in [-0.3, -0.25) is 0 Å². The van der Waals surface area contributed by atoms with Crippen LogP contribution in [0.2, 0.25) is 0 Å². The maximum atomic E-state index is 9.54. The summed E-state index contributed by atoms with van der Waals surface area (Å²) >= 11 is 0. The zero-order valence-electron chi connectivity index (χ0n) is 11.9. The van der Waals surface area contributed by atoms with Gasteiger partial charge in [-0.2, -0.15) is 5.26 Å². The van der Waals surface area contributed by atoms with E-state index < -0.39 is 0 Å². The molecule has 1 heteroatoms. The average Bonchev–Trinajstić information content (AvgIpc) is 2.54. The van der Waals surface area contributed by atoms with Crippen LogP contribution in [0.15, 0.2) is 66.7 Å². The molecule has 3 aromatic carbocycles. The number of nitriles is 1. The molecule has 0 amide bonds. The van der Waals surface area contributed by atoms with Crippen molar-refractivity contribution >= 4 is 22.4 Å². The van der Waals surface area contributed by atoms with Gasteiger partial charge in [0.2, 0.25) is 0 Å². The molecule has 100 valence electrons. The van der Waals surface area contributed by atoms with Crippen LogP contribution < -0.4 is 0 Å². The van der Waals surface area contributed by atoms with E-state index in [0.29, 0.717) is 5.57 Å². The summed E-state index contributed by atoms with van der Waals surface area (Å²) in [5.74, 6) is 0. The van der Waals surface area contributed by atoms with Crippen molar-refractivity contribution in [1.82, 2.24) is 0 Å². The van der Waals surface area contributed by atoms with Crippen molar-refractivity contribution in [1.29, 1.82) is 5.26 Å². The number of fused-ring (bicyclic) bond motifs is 1. The van der Waals surface area contributed by atoms with Gasteiger partial charge < -0.3 is 0 Å². The van der Waals surface area contributed by atoms with Crippen molar-refractivity contribution in [3.05, 3.63) is 83.4 Å². The molecular formula is C20H15N. The number of aryl methyl sites for hydroxylation is 1. The molecule has 0 atom stereocenters. The molecule has 3 aromatic rings. The number of allylic oxidation sites excluding steroid dienone is 1. The summed E-state index contributed by atoms with van der Waals surface area (Å²) in [6.07, 6.45) is 1.95. The van der Waals surface area contributed by atoms with Crippen LogP contribution in [0.3, 0.4) is 0 Å². The van der Waals surface area contributed by atoms with Crippen LogP contribution in [0.5, 0.6) is 0 Å². The molecule has 0 saturated carbocycles. The molecule has 0 fully saturated rings. The van der Waals surface area contributed by atoms with Crippen LogP contribution in [-0.4, -0.2) is 0 Å². The maximum Gasteiger partial charge on any atom is 0.0998 e. The van der Waals surface area contributed by atoms with Gasteiger partial charge in [0.15, 0.2) is 0 Å². The highest BCUT2D eigenvalue weighted by atomic mass is 14.3. The van der Waals surface area contributed by atoms with Gasteiger partial charge in [0, 0.05) is 5.56 Å². The molecule has 1 nitrogen and oxygen atoms in total. The van der Waals surface area contributed by atoms with Gasteiger partial charge in [0.1, 0.15) is 0 Å². The third-order valence-electron chi connectivity index (χ3n) is 3.59. The fraction of sp³-hybridized carbons (Fsp3) is 0.0500. The van der Waals surface area contributed by atoms with Gasteiger partial charge in [-0.25, -0.2) is 0 Å². The number of benzene rings is 3. The number of hydrogen-bond acceptors (Lipinski definition) is 1. The number of nitrogens with zero attached hydrogens (tertiary/aromatic N) is 1. The Kier molecular flexibility index (Phi) is 3.53. The van der Waals surface area contributed by atoms with E-state index in [1.165, 1.54) is 5.56 Å². The highest BCUT2D eigenvalue weighted by Gasteiger charge is 2.05. The van der Waals surface area contributed by atoms with E-state index in [9.17, 15) is 5.26 Å². The van der Waals surface area contributed by atoms with Crippen LogP contribution in [-0.2, 0) is 0 Å². The predicted octanol–water partition coefficient (Wildman–Crippen LogP) is 5.21. The van der Waals surface area contributed by atoms with Gasteiger partial charge in [-0.1, -0.05) is 72.3 Å². The van der Waals surface area contributed by atoms with Crippen molar-refractivity contribution < 1.29 is 0 Å². The Labute approximate surface area is 124 Å². The molecule has 0 bridgehead atoms. The van der Waals surface area contributed by atoms with Crippen LogP contribution in [0.25, 0.3) is 22.4 Å². The van der Waals surface area contributed by atoms with E-state index in [-0.39, 0.29) is 0 Å². The minimum absolute atomic E-state index is 0.690. The van der Waals surface area contributed by atoms with Gasteiger partial charge in [0.25, 0.3) is 0 Å². The lowest BCUT2D eigenvalue weighted by Gasteiger charge is -2.05. The minimum Gasteiger partial charge on any atom is -0.192 e. The van der Waals surface area contributed by atoms with Crippen molar-refractivity contribution in [3.63, 3.8) is 0 Å². The third-order valence-corrected chi connectivity index (χ3v) is 3.59. The first-order valence-electron chi connectivity index (χ1n) is 6.94. The van der Waals surface area contributed by atoms with Crippen molar-refractivity contribution in [2.24, 2.45) is 0 Å². The number of rotatable bonds is 2. The molecule has 0 radical (unpaired) electrons. The van der Waals surface area contributed by atoms with Crippen molar-refractivity contribution in [3.8, 4) is 6.07 Å². The zero-order chi connectivity index (χ0) is 14.7. The molecule has 0 aromatic heterocycles. The molecule has 0 saturated heterocycles. The summed E-state index contributed by atoms with van der Waals surface area (Å²) in [4.78, 5) is 0. The van der Waals surface area contributed by atoms with Gasteiger partial charge in [-0.05, 0) is 29.3 Å². The Bertz CT molecular complexity index is 844. The predicted molar refractivity (Wildman–Crippen MR) is 88.6 cm³/mol. The van der Waals surface area contributed by atoms with E-state index in [0.717, 1.165) is 21.9 Å². The van der Waals surface area contributed by atoms with Crippen molar-refractivity contribution in [2.75, 3.05) is 0 Å². The summed E-state index contributed by atoms with van der Waals surface area (Å²) in [7, 11) is 0. The molecule has 0 spiro atoms. The quantitative estimate of drug-likeness (QED) is 0.462. The van der Waals surface area contributed by atoms with E-state index in [1.54, 1.807) is 0 Å². The Morgan fingerprint density at radius 1 is 0.905 bits per heavy atom. The first kappa shape index (κ1) is 13.1. The van der Waals surface area contributed by atoms with E-state index in [1.807, 2.05) is 42.5 Å².